The molecule has 2 rings (SSSR count). The van der Waals surface area contributed by atoms with Crippen molar-refractivity contribution in [2.45, 2.75) is 63.3 Å². The van der Waals surface area contributed by atoms with Gasteiger partial charge in [0.2, 0.25) is 0 Å². The highest BCUT2D eigenvalue weighted by molar-refractivity contribution is 5.46. The smallest absolute Gasteiger partial charge is 0.184 e. The van der Waals surface area contributed by atoms with Crippen molar-refractivity contribution >= 4 is 5.69 Å². The number of allylic oxidation sites excluding steroid dienone is 1. The van der Waals surface area contributed by atoms with Crippen LogP contribution in [0.15, 0.2) is 35.9 Å². The molecule has 1 fully saturated rings. The molecular formula is C18H27NO5. The Balaban J connectivity index is 2.08. The Bertz CT molecular complexity index is 587. The second kappa shape index (κ2) is 7.63. The van der Waals surface area contributed by atoms with Crippen LogP contribution in [0.3, 0.4) is 0 Å². The molecule has 1 heterocycles. The van der Waals surface area contributed by atoms with Crippen LogP contribution in [0.4, 0.5) is 5.69 Å². The second-order valence-electron chi connectivity index (χ2n) is 6.67. The van der Waals surface area contributed by atoms with E-state index in [0.29, 0.717) is 18.5 Å². The van der Waals surface area contributed by atoms with E-state index in [4.69, 9.17) is 10.5 Å². The molecule has 0 bridgehead atoms. The summed E-state index contributed by atoms with van der Waals surface area (Å²) < 4.78 is 5.21. The molecule has 0 aliphatic carbocycles. The summed E-state index contributed by atoms with van der Waals surface area (Å²) in [6, 6.07) is 7.45. The van der Waals surface area contributed by atoms with Gasteiger partial charge >= 0.3 is 0 Å². The first-order chi connectivity index (χ1) is 11.3. The molecule has 0 unspecified atom stereocenters. The number of anilines is 1. The van der Waals surface area contributed by atoms with E-state index in [1.165, 1.54) is 6.08 Å². The number of aryl methyl sites for hydroxylation is 1. The van der Waals surface area contributed by atoms with Gasteiger partial charge in [0, 0.05) is 5.69 Å². The molecule has 0 radical (unpaired) electrons. The van der Waals surface area contributed by atoms with Gasteiger partial charge in [-0.15, -0.1) is 0 Å². The first-order valence-electron chi connectivity index (χ1n) is 8.16. The third-order valence-corrected chi connectivity index (χ3v) is 4.45. The Hall–Kier alpha value is -1.44. The molecule has 24 heavy (non-hydrogen) atoms. The van der Waals surface area contributed by atoms with Crippen molar-refractivity contribution in [1.82, 2.24) is 0 Å². The Labute approximate surface area is 142 Å². The van der Waals surface area contributed by atoms with Gasteiger partial charge in [-0.05, 0) is 44.7 Å². The molecule has 134 valence electrons. The third kappa shape index (κ3) is 3.96. The number of nitrogens with two attached hydrogens (primary N) is 1. The van der Waals surface area contributed by atoms with Crippen molar-refractivity contribution in [3.63, 3.8) is 0 Å². The van der Waals surface area contributed by atoms with Gasteiger partial charge in [0.25, 0.3) is 0 Å². The maximum atomic E-state index is 10.9. The standard InChI is InChI=1S/C18H27NO5/c1-11(2)10-14(20)16-18(23,15(21)17(22)24-16)9-5-7-12-6-3-4-8-13(12)19/h3-4,6,8,10,14-17,20-23H,5,7,9,19H2,1-2H3/t14-,15+,16-,17+,18-/m1/s1. The van der Waals surface area contributed by atoms with Crippen LogP contribution in [-0.4, -0.2) is 50.6 Å². The minimum atomic E-state index is -1.73. The number of aliphatic hydroxyl groups is 4. The zero-order valence-corrected chi connectivity index (χ0v) is 14.1. The molecule has 0 aromatic heterocycles. The van der Waals surface area contributed by atoms with Crippen LogP contribution in [0.2, 0.25) is 0 Å². The predicted octanol–water partition coefficient (Wildman–Crippen LogP) is 0.728. The van der Waals surface area contributed by atoms with Crippen LogP contribution in [0, 0.1) is 0 Å². The summed E-state index contributed by atoms with van der Waals surface area (Å²) in [6.07, 6.45) is -2.37. The fourth-order valence-electron chi connectivity index (χ4n) is 3.18. The quantitative estimate of drug-likeness (QED) is 0.386. The monoisotopic (exact) mass is 337 g/mol. The van der Waals surface area contributed by atoms with E-state index in [1.807, 2.05) is 38.1 Å². The number of para-hydroxylation sites is 1. The molecule has 5 atom stereocenters. The summed E-state index contributed by atoms with van der Waals surface area (Å²) >= 11 is 0. The van der Waals surface area contributed by atoms with E-state index in [1.54, 1.807) is 0 Å². The lowest BCUT2D eigenvalue weighted by molar-refractivity contribution is -0.141. The molecule has 0 saturated carbocycles. The number of benzene rings is 1. The van der Waals surface area contributed by atoms with Crippen molar-refractivity contribution < 1.29 is 25.2 Å². The van der Waals surface area contributed by atoms with Crippen LogP contribution in [0.1, 0.15) is 32.3 Å². The zero-order valence-electron chi connectivity index (χ0n) is 14.1. The van der Waals surface area contributed by atoms with Gasteiger partial charge in [0.1, 0.15) is 23.9 Å². The van der Waals surface area contributed by atoms with Crippen LogP contribution < -0.4 is 5.73 Å². The molecular weight excluding hydrogens is 310 g/mol. The van der Waals surface area contributed by atoms with Crippen molar-refractivity contribution in [2.75, 3.05) is 5.73 Å². The third-order valence-electron chi connectivity index (χ3n) is 4.45. The van der Waals surface area contributed by atoms with Crippen molar-refractivity contribution in [2.24, 2.45) is 0 Å². The summed E-state index contributed by atoms with van der Waals surface area (Å²) in [5.74, 6) is 0. The maximum absolute atomic E-state index is 10.9. The van der Waals surface area contributed by atoms with E-state index in [0.717, 1.165) is 11.1 Å². The summed E-state index contributed by atoms with van der Waals surface area (Å²) in [4.78, 5) is 0. The highest BCUT2D eigenvalue weighted by Crippen LogP contribution is 2.37. The van der Waals surface area contributed by atoms with E-state index in [2.05, 4.69) is 0 Å². The predicted molar refractivity (Wildman–Crippen MR) is 91.1 cm³/mol. The zero-order chi connectivity index (χ0) is 17.9. The van der Waals surface area contributed by atoms with E-state index >= 15 is 0 Å². The lowest BCUT2D eigenvalue weighted by Gasteiger charge is -2.32. The molecule has 1 saturated heterocycles. The molecule has 0 spiro atoms. The van der Waals surface area contributed by atoms with Crippen LogP contribution in [0.5, 0.6) is 0 Å². The molecule has 6 N–H and O–H groups in total. The van der Waals surface area contributed by atoms with Crippen LogP contribution >= 0.6 is 0 Å². The number of aliphatic hydroxyl groups excluding tert-OH is 3. The Morgan fingerprint density at radius 3 is 2.62 bits per heavy atom. The topological polar surface area (TPSA) is 116 Å². The van der Waals surface area contributed by atoms with Gasteiger partial charge in [0.15, 0.2) is 6.29 Å². The number of nitrogen functional groups attached to an aromatic ring is 1. The van der Waals surface area contributed by atoms with Gasteiger partial charge in [0.05, 0.1) is 0 Å². The van der Waals surface area contributed by atoms with Crippen LogP contribution in [-0.2, 0) is 11.2 Å². The summed E-state index contributed by atoms with van der Waals surface area (Å²) in [5, 5.41) is 41.0. The molecule has 1 aromatic rings. The largest absolute Gasteiger partial charge is 0.399 e. The molecule has 1 aromatic carbocycles. The average molecular weight is 337 g/mol. The van der Waals surface area contributed by atoms with Gasteiger partial charge in [-0.1, -0.05) is 29.8 Å². The van der Waals surface area contributed by atoms with E-state index < -0.39 is 30.2 Å². The van der Waals surface area contributed by atoms with Gasteiger partial charge < -0.3 is 30.9 Å². The molecule has 6 nitrogen and oxygen atoms in total. The molecule has 1 aliphatic heterocycles. The minimum absolute atomic E-state index is 0.165. The summed E-state index contributed by atoms with van der Waals surface area (Å²) in [6.45, 7) is 3.62. The summed E-state index contributed by atoms with van der Waals surface area (Å²) in [5.41, 5.74) is 6.65. The van der Waals surface area contributed by atoms with Crippen LogP contribution in [0.25, 0.3) is 0 Å². The number of rotatable bonds is 6. The Morgan fingerprint density at radius 1 is 1.33 bits per heavy atom. The first-order valence-corrected chi connectivity index (χ1v) is 8.16. The lowest BCUT2D eigenvalue weighted by Crippen LogP contribution is -2.52. The second-order valence-corrected chi connectivity index (χ2v) is 6.67. The summed E-state index contributed by atoms with van der Waals surface area (Å²) in [7, 11) is 0. The van der Waals surface area contributed by atoms with E-state index in [-0.39, 0.29) is 6.42 Å². The number of hydrogen-bond donors (Lipinski definition) is 5. The van der Waals surface area contributed by atoms with Crippen molar-refractivity contribution in [3.05, 3.63) is 41.5 Å². The fraction of sp³-hybridized carbons (Fsp3) is 0.556. The van der Waals surface area contributed by atoms with Crippen molar-refractivity contribution in [1.29, 1.82) is 0 Å². The Morgan fingerprint density at radius 2 is 2.00 bits per heavy atom. The lowest BCUT2D eigenvalue weighted by atomic mass is 9.83. The number of hydrogen-bond acceptors (Lipinski definition) is 6. The van der Waals surface area contributed by atoms with Gasteiger partial charge in [-0.3, -0.25) is 0 Å². The molecule has 1 aliphatic rings. The Kier molecular flexibility index (Phi) is 6.01. The van der Waals surface area contributed by atoms with Crippen molar-refractivity contribution in [3.8, 4) is 0 Å². The van der Waals surface area contributed by atoms with Gasteiger partial charge in [-0.2, -0.15) is 0 Å². The maximum Gasteiger partial charge on any atom is 0.184 e. The molecule has 0 amide bonds. The highest BCUT2D eigenvalue weighted by atomic mass is 16.7. The highest BCUT2D eigenvalue weighted by Gasteiger charge is 2.56. The fourth-order valence-corrected chi connectivity index (χ4v) is 3.18. The number of ether oxygens (including phenoxy) is 1. The first kappa shape index (κ1) is 18.9. The average Bonchev–Trinajstić information content (AvgIpc) is 2.73. The minimum Gasteiger partial charge on any atom is -0.399 e. The normalized spacial score (nSPS) is 31.0. The van der Waals surface area contributed by atoms with Gasteiger partial charge in [-0.25, -0.2) is 0 Å². The SMILES string of the molecule is CC(C)=C[C@@H](O)[C@H]1O[C@H](O)[C@H](O)[C@]1(O)CCCc1ccccc1N. The molecule has 6 heteroatoms. The van der Waals surface area contributed by atoms with E-state index in [9.17, 15) is 20.4 Å².